The summed E-state index contributed by atoms with van der Waals surface area (Å²) in [4.78, 5) is 11.8. The molecular formula is C17H15N3O4S. The maximum atomic E-state index is 12.1. The molecule has 128 valence electrons. The molecule has 0 aliphatic carbocycles. The van der Waals surface area contributed by atoms with Crippen molar-refractivity contribution < 1.29 is 17.8 Å². The predicted molar refractivity (Wildman–Crippen MR) is 93.4 cm³/mol. The van der Waals surface area contributed by atoms with Gasteiger partial charge in [0.15, 0.2) is 0 Å². The summed E-state index contributed by atoms with van der Waals surface area (Å²) in [5.41, 5.74) is 1.72. The van der Waals surface area contributed by atoms with Crippen LogP contribution in [0.2, 0.25) is 0 Å². The molecule has 25 heavy (non-hydrogen) atoms. The van der Waals surface area contributed by atoms with Crippen LogP contribution in [0, 0.1) is 18.3 Å². The minimum absolute atomic E-state index is 0.136. The van der Waals surface area contributed by atoms with E-state index in [0.29, 0.717) is 5.69 Å². The van der Waals surface area contributed by atoms with Crippen molar-refractivity contribution >= 4 is 27.4 Å². The van der Waals surface area contributed by atoms with Crippen LogP contribution in [0.15, 0.2) is 65.2 Å². The predicted octanol–water partition coefficient (Wildman–Crippen LogP) is 2.70. The molecule has 0 aliphatic heterocycles. The highest BCUT2D eigenvalue weighted by Crippen LogP contribution is 2.16. The molecule has 2 aromatic rings. The van der Waals surface area contributed by atoms with Gasteiger partial charge in [0.05, 0.1) is 4.90 Å². The van der Waals surface area contributed by atoms with E-state index in [0.717, 1.165) is 11.6 Å². The van der Waals surface area contributed by atoms with Gasteiger partial charge in [-0.1, -0.05) is 23.8 Å². The normalized spacial score (nSPS) is 11.5. The average Bonchev–Trinajstić information content (AvgIpc) is 2.56. The van der Waals surface area contributed by atoms with Crippen molar-refractivity contribution in [1.82, 2.24) is 0 Å². The zero-order valence-electron chi connectivity index (χ0n) is 13.2. The van der Waals surface area contributed by atoms with Gasteiger partial charge in [-0.3, -0.25) is 9.35 Å². The van der Waals surface area contributed by atoms with E-state index < -0.39 is 16.0 Å². The van der Waals surface area contributed by atoms with E-state index in [9.17, 15) is 13.2 Å². The summed E-state index contributed by atoms with van der Waals surface area (Å²) in [5.74, 6) is -0.713. The zero-order chi connectivity index (χ0) is 18.4. The molecule has 2 rings (SSSR count). The molecule has 3 N–H and O–H groups in total. The lowest BCUT2D eigenvalue weighted by atomic mass is 10.2. The zero-order valence-corrected chi connectivity index (χ0v) is 14.0. The first-order valence-corrected chi connectivity index (χ1v) is 8.56. The van der Waals surface area contributed by atoms with Gasteiger partial charge in [-0.05, 0) is 37.3 Å². The smallest absolute Gasteiger partial charge is 0.294 e. The second-order valence-corrected chi connectivity index (χ2v) is 6.56. The van der Waals surface area contributed by atoms with Gasteiger partial charge in [0.2, 0.25) is 0 Å². The van der Waals surface area contributed by atoms with E-state index in [-0.39, 0.29) is 16.2 Å². The molecule has 0 aliphatic rings. The molecule has 2 aromatic carbocycles. The van der Waals surface area contributed by atoms with Crippen LogP contribution in [0.3, 0.4) is 0 Å². The molecule has 0 spiro atoms. The summed E-state index contributed by atoms with van der Waals surface area (Å²) >= 11 is 0. The maximum absolute atomic E-state index is 12.1. The van der Waals surface area contributed by atoms with Crippen molar-refractivity contribution in [3.63, 3.8) is 0 Å². The number of rotatable bonds is 5. The molecule has 0 saturated carbocycles. The third kappa shape index (κ3) is 5.17. The first kappa shape index (κ1) is 18.2. The molecule has 8 heteroatoms. The van der Waals surface area contributed by atoms with Crippen molar-refractivity contribution in [2.45, 2.75) is 11.8 Å². The number of nitrogens with zero attached hydrogens (tertiary/aromatic N) is 1. The fraction of sp³-hybridized carbons (Fsp3) is 0.0588. The van der Waals surface area contributed by atoms with Crippen LogP contribution in [-0.2, 0) is 14.9 Å². The van der Waals surface area contributed by atoms with Crippen molar-refractivity contribution in [3.8, 4) is 6.07 Å². The van der Waals surface area contributed by atoms with E-state index in [2.05, 4.69) is 10.6 Å². The fourth-order valence-electron chi connectivity index (χ4n) is 1.89. The van der Waals surface area contributed by atoms with Crippen LogP contribution >= 0.6 is 0 Å². The van der Waals surface area contributed by atoms with Gasteiger partial charge in [-0.2, -0.15) is 13.7 Å². The van der Waals surface area contributed by atoms with E-state index >= 15 is 0 Å². The Morgan fingerprint density at radius 1 is 1.16 bits per heavy atom. The summed E-state index contributed by atoms with van der Waals surface area (Å²) in [6.45, 7) is 1.94. The van der Waals surface area contributed by atoms with Crippen molar-refractivity contribution in [2.24, 2.45) is 0 Å². The number of carbonyl (C=O) groups is 1. The van der Waals surface area contributed by atoms with Gasteiger partial charge in [-0.25, -0.2) is 0 Å². The lowest BCUT2D eigenvalue weighted by molar-refractivity contribution is -0.112. The molecule has 0 atom stereocenters. The van der Waals surface area contributed by atoms with Crippen LogP contribution in [0.4, 0.5) is 11.4 Å². The fourth-order valence-corrected chi connectivity index (χ4v) is 2.41. The molecule has 1 amide bonds. The molecule has 0 fully saturated rings. The van der Waals surface area contributed by atoms with Crippen LogP contribution in [-0.4, -0.2) is 18.9 Å². The third-order valence-electron chi connectivity index (χ3n) is 3.19. The second kappa shape index (κ2) is 7.61. The Morgan fingerprint density at radius 2 is 1.84 bits per heavy atom. The van der Waals surface area contributed by atoms with Gasteiger partial charge in [0.25, 0.3) is 16.0 Å². The van der Waals surface area contributed by atoms with Gasteiger partial charge in [0.1, 0.15) is 11.6 Å². The summed E-state index contributed by atoms with van der Waals surface area (Å²) < 4.78 is 31.2. The average molecular weight is 357 g/mol. The van der Waals surface area contributed by atoms with Gasteiger partial charge >= 0.3 is 0 Å². The number of hydrogen-bond donors (Lipinski definition) is 3. The molecule has 0 radical (unpaired) electrons. The summed E-state index contributed by atoms with van der Waals surface area (Å²) in [5, 5.41) is 14.4. The van der Waals surface area contributed by atoms with E-state index in [1.807, 2.05) is 19.1 Å². The number of hydrogen-bond acceptors (Lipinski definition) is 5. The highest BCUT2D eigenvalue weighted by Gasteiger charge is 2.13. The third-order valence-corrected chi connectivity index (χ3v) is 4.04. The number of anilines is 2. The Hall–Kier alpha value is -3.15. The Balaban J connectivity index is 2.14. The highest BCUT2D eigenvalue weighted by molar-refractivity contribution is 7.85. The minimum Gasteiger partial charge on any atom is -0.360 e. The van der Waals surface area contributed by atoms with Crippen LogP contribution in [0.1, 0.15) is 5.56 Å². The number of benzene rings is 2. The molecule has 0 bridgehead atoms. The second-order valence-electron chi connectivity index (χ2n) is 5.14. The molecule has 7 nitrogen and oxygen atoms in total. The van der Waals surface area contributed by atoms with Crippen molar-refractivity contribution in [3.05, 3.63) is 65.9 Å². The first-order valence-electron chi connectivity index (χ1n) is 7.12. The van der Waals surface area contributed by atoms with Gasteiger partial charge < -0.3 is 10.6 Å². The summed E-state index contributed by atoms with van der Waals surface area (Å²) in [7, 11) is -4.38. The number of nitrogens with one attached hydrogen (secondary N) is 2. The SMILES string of the molecule is Cc1ccc(N/C=C(/C#N)C(=O)Nc2cccc(S(=O)(=O)O)c2)cc1. The first-order chi connectivity index (χ1) is 11.8. The van der Waals surface area contributed by atoms with Crippen molar-refractivity contribution in [2.75, 3.05) is 10.6 Å². The maximum Gasteiger partial charge on any atom is 0.294 e. The number of aryl methyl sites for hydroxylation is 1. The van der Waals surface area contributed by atoms with Crippen LogP contribution < -0.4 is 10.6 Å². The number of nitriles is 1. The number of carbonyl (C=O) groups excluding carboxylic acids is 1. The lowest BCUT2D eigenvalue weighted by Crippen LogP contribution is -2.15. The van der Waals surface area contributed by atoms with E-state index in [1.54, 1.807) is 18.2 Å². The minimum atomic E-state index is -4.38. The van der Waals surface area contributed by atoms with E-state index in [1.165, 1.54) is 24.4 Å². The molecular weight excluding hydrogens is 342 g/mol. The molecule has 0 aromatic heterocycles. The molecule has 0 saturated heterocycles. The van der Waals surface area contributed by atoms with E-state index in [4.69, 9.17) is 9.81 Å². The molecule has 0 unspecified atom stereocenters. The summed E-state index contributed by atoms with van der Waals surface area (Å²) in [6, 6.07) is 14.2. The largest absolute Gasteiger partial charge is 0.360 e. The standard InChI is InChI=1S/C17H15N3O4S/c1-12-5-7-14(8-6-12)19-11-13(10-18)17(21)20-15-3-2-4-16(9-15)25(22,23)24/h2-9,11,19H,1H3,(H,20,21)(H,22,23,24)/b13-11-. The van der Waals surface area contributed by atoms with Crippen LogP contribution in [0.5, 0.6) is 0 Å². The van der Waals surface area contributed by atoms with Crippen molar-refractivity contribution in [1.29, 1.82) is 5.26 Å². The topological polar surface area (TPSA) is 119 Å². The Morgan fingerprint density at radius 3 is 2.44 bits per heavy atom. The van der Waals surface area contributed by atoms with Gasteiger partial charge in [-0.15, -0.1) is 0 Å². The monoisotopic (exact) mass is 357 g/mol. The quantitative estimate of drug-likeness (QED) is 0.430. The lowest BCUT2D eigenvalue weighted by Gasteiger charge is -2.06. The van der Waals surface area contributed by atoms with Gasteiger partial charge in [0, 0.05) is 17.6 Å². The Labute approximate surface area is 145 Å². The molecule has 0 heterocycles. The highest BCUT2D eigenvalue weighted by atomic mass is 32.2. The Kier molecular flexibility index (Phi) is 5.54. The Bertz CT molecular complexity index is 958. The number of amides is 1. The van der Waals surface area contributed by atoms with Crippen LogP contribution in [0.25, 0.3) is 0 Å². The summed E-state index contributed by atoms with van der Waals surface area (Å²) in [6.07, 6.45) is 1.26.